The van der Waals surface area contributed by atoms with Crippen LogP contribution in [0.3, 0.4) is 0 Å². The Hall–Kier alpha value is -2.32. The van der Waals surface area contributed by atoms with Crippen molar-refractivity contribution >= 4 is 23.8 Å². The van der Waals surface area contributed by atoms with Crippen molar-refractivity contribution in [2.45, 2.75) is 39.2 Å². The molecule has 1 N–H and O–H groups in total. The molecule has 0 aromatic heterocycles. The maximum atomic E-state index is 12.6. The van der Waals surface area contributed by atoms with Crippen LogP contribution in [0.4, 0.5) is 4.79 Å². The minimum atomic E-state index is -0.301. The molecule has 9 nitrogen and oxygen atoms in total. The summed E-state index contributed by atoms with van der Waals surface area (Å²) in [4.78, 5) is 53.4. The number of likely N-dealkylation sites (tertiary alicyclic amines) is 1. The summed E-state index contributed by atoms with van der Waals surface area (Å²) < 4.78 is 5.00. The van der Waals surface area contributed by atoms with Crippen LogP contribution in [-0.2, 0) is 19.1 Å². The standard InChI is InChI=1S/C19H30N4O5/c1-3-28-19(27)23-6-4-14(5-7-23)20-17(25)15-12-16(15)18(26)22-10-8-21(9-11-22)13(2)24/h14-16H,3-12H2,1-2H3,(H,20,25). The fourth-order valence-corrected chi connectivity index (χ4v) is 3.96. The zero-order valence-electron chi connectivity index (χ0n) is 16.7. The maximum absolute atomic E-state index is 12.6. The first-order chi connectivity index (χ1) is 13.4. The number of hydrogen-bond acceptors (Lipinski definition) is 5. The van der Waals surface area contributed by atoms with Crippen LogP contribution in [0.25, 0.3) is 0 Å². The summed E-state index contributed by atoms with van der Waals surface area (Å²) in [7, 11) is 0. The molecule has 28 heavy (non-hydrogen) atoms. The van der Waals surface area contributed by atoms with Gasteiger partial charge in [0.1, 0.15) is 0 Å². The van der Waals surface area contributed by atoms with Crippen molar-refractivity contribution in [1.82, 2.24) is 20.0 Å². The van der Waals surface area contributed by atoms with Crippen molar-refractivity contribution in [3.8, 4) is 0 Å². The predicted octanol–water partition coefficient (Wildman–Crippen LogP) is 0.0503. The number of carbonyl (C=O) groups excluding carboxylic acids is 4. The van der Waals surface area contributed by atoms with Crippen LogP contribution < -0.4 is 5.32 Å². The average Bonchev–Trinajstić information content (AvgIpc) is 3.49. The van der Waals surface area contributed by atoms with E-state index in [4.69, 9.17) is 4.74 Å². The number of carbonyl (C=O) groups is 4. The molecule has 9 heteroatoms. The Morgan fingerprint density at radius 3 is 2.07 bits per heavy atom. The van der Waals surface area contributed by atoms with Gasteiger partial charge in [0, 0.05) is 52.2 Å². The van der Waals surface area contributed by atoms with Crippen molar-refractivity contribution < 1.29 is 23.9 Å². The number of nitrogens with one attached hydrogen (secondary N) is 1. The summed E-state index contributed by atoms with van der Waals surface area (Å²) >= 11 is 0. The smallest absolute Gasteiger partial charge is 0.409 e. The van der Waals surface area contributed by atoms with Crippen molar-refractivity contribution in [1.29, 1.82) is 0 Å². The largest absolute Gasteiger partial charge is 0.450 e. The van der Waals surface area contributed by atoms with Gasteiger partial charge in [-0.05, 0) is 26.2 Å². The molecule has 3 aliphatic rings. The zero-order chi connectivity index (χ0) is 20.3. The minimum absolute atomic E-state index is 0.0282. The number of piperazine rings is 1. The molecular weight excluding hydrogens is 364 g/mol. The first-order valence-corrected chi connectivity index (χ1v) is 10.2. The Labute approximate surface area is 165 Å². The zero-order valence-corrected chi connectivity index (χ0v) is 16.7. The molecule has 2 atom stereocenters. The summed E-state index contributed by atoms with van der Waals surface area (Å²) in [5.74, 6) is -0.481. The van der Waals surface area contributed by atoms with Crippen LogP contribution >= 0.6 is 0 Å². The lowest BCUT2D eigenvalue weighted by atomic mass is 10.0. The lowest BCUT2D eigenvalue weighted by Gasteiger charge is -2.34. The van der Waals surface area contributed by atoms with Gasteiger partial charge in [0.2, 0.25) is 17.7 Å². The second-order valence-corrected chi connectivity index (χ2v) is 7.75. The van der Waals surface area contributed by atoms with E-state index in [1.165, 1.54) is 6.92 Å². The topological polar surface area (TPSA) is 99.3 Å². The molecule has 0 bridgehead atoms. The van der Waals surface area contributed by atoms with Gasteiger partial charge in [-0.1, -0.05) is 0 Å². The van der Waals surface area contributed by atoms with Crippen LogP contribution in [0.2, 0.25) is 0 Å². The van der Waals surface area contributed by atoms with E-state index < -0.39 is 0 Å². The Bertz CT molecular complexity index is 624. The van der Waals surface area contributed by atoms with Crippen molar-refractivity contribution in [2.75, 3.05) is 45.9 Å². The van der Waals surface area contributed by atoms with Gasteiger partial charge in [-0.25, -0.2) is 4.79 Å². The highest BCUT2D eigenvalue weighted by molar-refractivity contribution is 5.92. The Kier molecular flexibility index (Phi) is 6.41. The Morgan fingerprint density at radius 2 is 1.50 bits per heavy atom. The van der Waals surface area contributed by atoms with Crippen molar-refractivity contribution in [3.05, 3.63) is 0 Å². The quantitative estimate of drug-likeness (QED) is 0.726. The number of piperidine rings is 1. The molecule has 0 aromatic carbocycles. The molecule has 3 fully saturated rings. The van der Waals surface area contributed by atoms with Gasteiger partial charge in [0.05, 0.1) is 18.4 Å². The summed E-state index contributed by atoms with van der Waals surface area (Å²) in [5, 5.41) is 3.04. The van der Waals surface area contributed by atoms with Crippen LogP contribution in [0.1, 0.15) is 33.1 Å². The number of rotatable bonds is 4. The number of nitrogens with zero attached hydrogens (tertiary/aromatic N) is 3. The summed E-state index contributed by atoms with van der Waals surface area (Å²) in [5.41, 5.74) is 0. The van der Waals surface area contributed by atoms with E-state index in [0.717, 1.165) is 0 Å². The maximum Gasteiger partial charge on any atom is 0.409 e. The third-order valence-electron chi connectivity index (χ3n) is 5.85. The fraction of sp³-hybridized carbons (Fsp3) is 0.789. The van der Waals surface area contributed by atoms with Gasteiger partial charge in [0.15, 0.2) is 0 Å². The third kappa shape index (κ3) is 4.74. The normalized spacial score (nSPS) is 25.3. The molecule has 2 saturated heterocycles. The lowest BCUT2D eigenvalue weighted by Crippen LogP contribution is -2.51. The van der Waals surface area contributed by atoms with Gasteiger partial charge in [-0.15, -0.1) is 0 Å². The minimum Gasteiger partial charge on any atom is -0.450 e. The fourth-order valence-electron chi connectivity index (χ4n) is 3.96. The van der Waals surface area contributed by atoms with E-state index in [-0.39, 0.29) is 41.7 Å². The number of hydrogen-bond donors (Lipinski definition) is 1. The summed E-state index contributed by atoms with van der Waals surface area (Å²) in [6.45, 7) is 7.00. The molecule has 4 amide bonds. The Balaban J connectivity index is 1.39. The molecule has 156 valence electrons. The number of amides is 4. The molecule has 3 rings (SSSR count). The highest BCUT2D eigenvalue weighted by Gasteiger charge is 2.50. The first kappa shape index (κ1) is 20.4. The van der Waals surface area contributed by atoms with E-state index >= 15 is 0 Å². The van der Waals surface area contributed by atoms with E-state index in [1.54, 1.807) is 21.6 Å². The molecule has 0 radical (unpaired) electrons. The van der Waals surface area contributed by atoms with Crippen LogP contribution in [0, 0.1) is 11.8 Å². The molecule has 0 aromatic rings. The van der Waals surface area contributed by atoms with Crippen LogP contribution in [0.15, 0.2) is 0 Å². The van der Waals surface area contributed by atoms with E-state index in [2.05, 4.69) is 5.32 Å². The average molecular weight is 394 g/mol. The highest BCUT2D eigenvalue weighted by atomic mass is 16.6. The van der Waals surface area contributed by atoms with Gasteiger partial charge in [-0.3, -0.25) is 14.4 Å². The monoisotopic (exact) mass is 394 g/mol. The predicted molar refractivity (Wildman–Crippen MR) is 100 cm³/mol. The van der Waals surface area contributed by atoms with E-state index in [0.29, 0.717) is 65.1 Å². The van der Waals surface area contributed by atoms with Gasteiger partial charge in [-0.2, -0.15) is 0 Å². The number of ether oxygens (including phenoxy) is 1. The lowest BCUT2D eigenvalue weighted by molar-refractivity contribution is -0.140. The third-order valence-corrected chi connectivity index (χ3v) is 5.85. The molecule has 2 heterocycles. The molecular formula is C19H30N4O5. The SMILES string of the molecule is CCOC(=O)N1CCC(NC(=O)C2CC2C(=O)N2CCN(C(C)=O)CC2)CC1. The molecule has 2 aliphatic heterocycles. The van der Waals surface area contributed by atoms with Crippen LogP contribution in [-0.4, -0.2) is 90.4 Å². The first-order valence-electron chi connectivity index (χ1n) is 10.2. The second kappa shape index (κ2) is 8.79. The van der Waals surface area contributed by atoms with Crippen molar-refractivity contribution in [3.63, 3.8) is 0 Å². The van der Waals surface area contributed by atoms with E-state index in [1.807, 2.05) is 0 Å². The van der Waals surface area contributed by atoms with Crippen LogP contribution in [0.5, 0.6) is 0 Å². The molecule has 1 saturated carbocycles. The van der Waals surface area contributed by atoms with Gasteiger partial charge < -0.3 is 24.8 Å². The Morgan fingerprint density at radius 1 is 0.893 bits per heavy atom. The molecule has 2 unspecified atom stereocenters. The second-order valence-electron chi connectivity index (χ2n) is 7.75. The van der Waals surface area contributed by atoms with E-state index in [9.17, 15) is 19.2 Å². The van der Waals surface area contributed by atoms with Gasteiger partial charge in [0.25, 0.3) is 0 Å². The van der Waals surface area contributed by atoms with Gasteiger partial charge >= 0.3 is 6.09 Å². The summed E-state index contributed by atoms with van der Waals surface area (Å²) in [6.07, 6.45) is 1.69. The molecule has 1 aliphatic carbocycles. The summed E-state index contributed by atoms with van der Waals surface area (Å²) in [6, 6.07) is 0.0358. The highest BCUT2D eigenvalue weighted by Crippen LogP contribution is 2.40. The molecule has 0 spiro atoms. The van der Waals surface area contributed by atoms with Crippen molar-refractivity contribution in [2.24, 2.45) is 11.8 Å².